The van der Waals surface area contributed by atoms with Gasteiger partial charge in [-0.05, 0) is 0 Å². The third-order valence-corrected chi connectivity index (χ3v) is 1.02. The van der Waals surface area contributed by atoms with E-state index in [1.807, 2.05) is 0 Å². The normalized spacial score (nSPS) is 26.1. The molecule has 0 atom stereocenters. The van der Waals surface area contributed by atoms with Gasteiger partial charge in [-0.2, -0.15) is 0 Å². The highest BCUT2D eigenvalue weighted by atomic mass is 16.4. The lowest BCUT2D eigenvalue weighted by Crippen LogP contribution is -2.52. The quantitative estimate of drug-likeness (QED) is 0.444. The molecule has 4 heteroatoms. The maximum Gasteiger partial charge on any atom is 0.407 e. The number of hydrogen-bond donors (Lipinski definition) is 2. The first-order valence-corrected chi connectivity index (χ1v) is 2.21. The van der Waals surface area contributed by atoms with Crippen LogP contribution in [0.3, 0.4) is 0 Å². The molecule has 0 aromatic rings. The van der Waals surface area contributed by atoms with Gasteiger partial charge in [-0.3, -0.25) is 0 Å². The van der Waals surface area contributed by atoms with Crippen LogP contribution in [0.2, 0.25) is 0 Å². The van der Waals surface area contributed by atoms with Crippen molar-refractivity contribution in [3.05, 3.63) is 0 Å². The highest BCUT2D eigenvalue weighted by Gasteiger charge is 2.27. The molecular weight excluding hydrogens is 110 g/mol. The highest BCUT2D eigenvalue weighted by molar-refractivity contribution is 5.66. The van der Waals surface area contributed by atoms with E-state index in [2.05, 4.69) is 0 Å². The second-order valence-electron chi connectivity index (χ2n) is 1.70. The Morgan fingerprint density at radius 3 is 2.50 bits per heavy atom. The van der Waals surface area contributed by atoms with E-state index >= 15 is 0 Å². The third kappa shape index (κ3) is 0.742. The van der Waals surface area contributed by atoms with Crippen molar-refractivity contribution in [2.45, 2.75) is 6.08 Å². The first-order valence-electron chi connectivity index (χ1n) is 2.71. The average molecular weight is 118 g/mol. The standard InChI is InChI=1S/C4H7NO3/c6-3-1-5(2-3)4(7)8/h3,6H,1-2H2,(H,7,8)/i3D. The smallest absolute Gasteiger partial charge is 0.407 e. The van der Waals surface area contributed by atoms with E-state index in [-0.39, 0.29) is 13.1 Å². The van der Waals surface area contributed by atoms with E-state index in [1.54, 1.807) is 0 Å². The van der Waals surface area contributed by atoms with Gasteiger partial charge in [0.25, 0.3) is 0 Å². The van der Waals surface area contributed by atoms with Crippen LogP contribution < -0.4 is 0 Å². The Hall–Kier alpha value is -0.770. The second kappa shape index (κ2) is 1.63. The Morgan fingerprint density at radius 1 is 1.88 bits per heavy atom. The molecule has 1 heterocycles. The SMILES string of the molecule is [2H]C1(O)CN(C(=O)O)C1. The molecule has 0 aromatic carbocycles. The molecule has 1 amide bonds. The van der Waals surface area contributed by atoms with Gasteiger partial charge in [0, 0.05) is 0 Å². The molecule has 0 radical (unpaired) electrons. The van der Waals surface area contributed by atoms with Crippen molar-refractivity contribution in [1.29, 1.82) is 0 Å². The number of rotatable bonds is 0. The summed E-state index contributed by atoms with van der Waals surface area (Å²) in [7, 11) is 0. The Balaban J connectivity index is 2.35. The first kappa shape index (κ1) is 4.14. The van der Waals surface area contributed by atoms with E-state index in [9.17, 15) is 4.79 Å². The molecule has 46 valence electrons. The van der Waals surface area contributed by atoms with Crippen LogP contribution in [0, 0.1) is 0 Å². The fraction of sp³-hybridized carbons (Fsp3) is 0.750. The number of amides is 1. The van der Waals surface area contributed by atoms with Gasteiger partial charge in [0.2, 0.25) is 0 Å². The van der Waals surface area contributed by atoms with Gasteiger partial charge in [-0.15, -0.1) is 0 Å². The summed E-state index contributed by atoms with van der Waals surface area (Å²) in [4.78, 5) is 11.0. The lowest BCUT2D eigenvalue weighted by Gasteiger charge is -2.32. The number of carbonyl (C=O) groups is 1. The summed E-state index contributed by atoms with van der Waals surface area (Å²) >= 11 is 0. The minimum atomic E-state index is -1.53. The van der Waals surface area contributed by atoms with Crippen LogP contribution in [0.4, 0.5) is 4.79 Å². The molecule has 0 aliphatic carbocycles. The Bertz CT molecular complexity index is 139. The number of β-amino-alcohol motifs (C(OH)–C–C–N with tert-alkyl or cyclic N) is 1. The summed E-state index contributed by atoms with van der Waals surface area (Å²) in [6.07, 6.45) is -2.61. The number of aliphatic hydroxyl groups is 1. The molecule has 0 spiro atoms. The molecule has 0 saturated carbocycles. The van der Waals surface area contributed by atoms with Crippen molar-refractivity contribution < 1.29 is 16.4 Å². The number of nitrogens with zero attached hydrogens (tertiary/aromatic N) is 1. The van der Waals surface area contributed by atoms with Gasteiger partial charge in [0.1, 0.15) is 0 Å². The van der Waals surface area contributed by atoms with Crippen LogP contribution >= 0.6 is 0 Å². The van der Waals surface area contributed by atoms with Crippen molar-refractivity contribution in [2.75, 3.05) is 13.1 Å². The molecule has 0 aromatic heterocycles. The van der Waals surface area contributed by atoms with Gasteiger partial charge >= 0.3 is 6.09 Å². The summed E-state index contributed by atoms with van der Waals surface area (Å²) < 4.78 is 6.84. The van der Waals surface area contributed by atoms with E-state index in [0.717, 1.165) is 4.90 Å². The fourth-order valence-electron chi connectivity index (χ4n) is 0.530. The topological polar surface area (TPSA) is 60.8 Å². The van der Waals surface area contributed by atoms with Crippen LogP contribution in [-0.4, -0.2) is 40.4 Å². The summed E-state index contributed by atoms with van der Waals surface area (Å²) in [5, 5.41) is 16.9. The van der Waals surface area contributed by atoms with Gasteiger partial charge < -0.3 is 15.1 Å². The van der Waals surface area contributed by atoms with Crippen LogP contribution in [-0.2, 0) is 0 Å². The summed E-state index contributed by atoms with van der Waals surface area (Å²) in [6.45, 7) is -0.190. The van der Waals surface area contributed by atoms with Gasteiger partial charge in [0.05, 0.1) is 20.5 Å². The second-order valence-corrected chi connectivity index (χ2v) is 1.70. The van der Waals surface area contributed by atoms with Gasteiger partial charge in [-0.25, -0.2) is 4.79 Å². The highest BCUT2D eigenvalue weighted by Crippen LogP contribution is 2.05. The molecule has 4 nitrogen and oxygen atoms in total. The molecule has 1 aliphatic heterocycles. The van der Waals surface area contributed by atoms with E-state index in [1.165, 1.54) is 0 Å². The Morgan fingerprint density at radius 2 is 2.38 bits per heavy atom. The Labute approximate surface area is 47.7 Å². The molecule has 1 saturated heterocycles. The van der Waals surface area contributed by atoms with E-state index in [0.29, 0.717) is 0 Å². The fourth-order valence-corrected chi connectivity index (χ4v) is 0.530. The minimum absolute atomic E-state index is 0.0949. The molecule has 2 N–H and O–H groups in total. The molecule has 1 rings (SSSR count). The lowest BCUT2D eigenvalue weighted by atomic mass is 10.2. The average Bonchev–Trinajstić information content (AvgIpc) is 1.59. The molecule has 8 heavy (non-hydrogen) atoms. The number of likely N-dealkylation sites (tertiary alicyclic amines) is 1. The summed E-state index contributed by atoms with van der Waals surface area (Å²) in [5.74, 6) is 0. The van der Waals surface area contributed by atoms with Crippen molar-refractivity contribution in [2.24, 2.45) is 0 Å². The van der Waals surface area contributed by atoms with Crippen molar-refractivity contribution in [3.8, 4) is 0 Å². The van der Waals surface area contributed by atoms with Gasteiger partial charge in [-0.1, -0.05) is 0 Å². The summed E-state index contributed by atoms with van der Waals surface area (Å²) in [6, 6.07) is 0. The van der Waals surface area contributed by atoms with E-state index < -0.39 is 12.2 Å². The van der Waals surface area contributed by atoms with Crippen LogP contribution in [0.25, 0.3) is 0 Å². The van der Waals surface area contributed by atoms with Gasteiger partial charge in [0.15, 0.2) is 0 Å². The first-order chi connectivity index (χ1) is 4.01. The number of hydrogen-bond acceptors (Lipinski definition) is 2. The van der Waals surface area contributed by atoms with Crippen LogP contribution in [0.5, 0.6) is 0 Å². The molecular formula is C4H7NO3. The zero-order chi connectivity index (χ0) is 7.07. The predicted octanol–water partition coefficient (Wildman–Crippen LogP) is -0.659. The largest absolute Gasteiger partial charge is 0.465 e. The zero-order valence-corrected chi connectivity index (χ0v) is 4.16. The third-order valence-electron chi connectivity index (χ3n) is 1.02. The Kier molecular flexibility index (Phi) is 0.843. The van der Waals surface area contributed by atoms with Crippen LogP contribution in [0.15, 0.2) is 0 Å². The maximum absolute atomic E-state index is 10.0. The van der Waals surface area contributed by atoms with Crippen LogP contribution in [0.1, 0.15) is 1.37 Å². The predicted molar refractivity (Wildman–Crippen MR) is 25.6 cm³/mol. The molecule has 0 bridgehead atoms. The zero-order valence-electron chi connectivity index (χ0n) is 5.16. The molecule has 0 unspecified atom stereocenters. The van der Waals surface area contributed by atoms with E-state index in [4.69, 9.17) is 11.6 Å². The molecule has 1 aliphatic rings. The summed E-state index contributed by atoms with van der Waals surface area (Å²) in [5.41, 5.74) is 0. The van der Waals surface area contributed by atoms with Crippen molar-refractivity contribution in [1.82, 2.24) is 4.90 Å². The molecule has 1 fully saturated rings. The minimum Gasteiger partial charge on any atom is -0.465 e. The lowest BCUT2D eigenvalue weighted by molar-refractivity contribution is 0.00985. The van der Waals surface area contributed by atoms with Crippen molar-refractivity contribution in [3.63, 3.8) is 0 Å². The number of carboxylic acid groups (broad SMARTS) is 1. The maximum atomic E-state index is 10.0. The van der Waals surface area contributed by atoms with Crippen molar-refractivity contribution >= 4 is 6.09 Å². The monoisotopic (exact) mass is 118 g/mol.